The highest BCUT2D eigenvalue weighted by atomic mass is 19.4. The number of ether oxygens (including phenoxy) is 1. The molecule has 1 aromatic rings. The second-order valence-electron chi connectivity index (χ2n) is 6.97. The molecule has 0 aromatic heterocycles. The number of anilines is 1. The highest BCUT2D eigenvalue weighted by Gasteiger charge is 2.32. The van der Waals surface area contributed by atoms with Gasteiger partial charge in [-0.3, -0.25) is 5.32 Å². The van der Waals surface area contributed by atoms with Crippen molar-refractivity contribution in [1.82, 2.24) is 5.32 Å². The molecule has 1 unspecified atom stereocenters. The van der Waals surface area contributed by atoms with Crippen LogP contribution in [0.5, 0.6) is 0 Å². The summed E-state index contributed by atoms with van der Waals surface area (Å²) < 4.78 is 44.1. The molecule has 1 fully saturated rings. The molecule has 4 nitrogen and oxygen atoms in total. The highest BCUT2D eigenvalue weighted by molar-refractivity contribution is 5.86. The Balaban J connectivity index is 2.30. The number of alkyl halides is 3. The van der Waals surface area contributed by atoms with Crippen LogP contribution in [0.2, 0.25) is 0 Å². The van der Waals surface area contributed by atoms with Gasteiger partial charge >= 0.3 is 12.3 Å². The molecule has 0 aliphatic carbocycles. The van der Waals surface area contributed by atoms with Gasteiger partial charge in [-0.05, 0) is 63.8 Å². The molecule has 1 aliphatic heterocycles. The first-order valence-electron chi connectivity index (χ1n) is 7.98. The number of halogens is 3. The van der Waals surface area contributed by atoms with E-state index in [1.54, 1.807) is 20.8 Å². The van der Waals surface area contributed by atoms with Gasteiger partial charge in [0.15, 0.2) is 0 Å². The van der Waals surface area contributed by atoms with Crippen molar-refractivity contribution in [2.24, 2.45) is 0 Å². The van der Waals surface area contributed by atoms with Crippen molar-refractivity contribution in [2.45, 2.75) is 51.3 Å². The van der Waals surface area contributed by atoms with Gasteiger partial charge in [0, 0.05) is 12.2 Å². The van der Waals surface area contributed by atoms with Crippen LogP contribution in [-0.2, 0) is 10.9 Å². The molecular weight excluding hydrogens is 321 g/mol. The van der Waals surface area contributed by atoms with Crippen LogP contribution in [0.3, 0.4) is 0 Å². The smallest absolute Gasteiger partial charge is 0.416 e. The molecule has 1 atom stereocenters. The van der Waals surface area contributed by atoms with Crippen LogP contribution in [0, 0.1) is 0 Å². The SMILES string of the molecule is CC(C)(C)OC(=O)Nc1cc(C(F)(F)F)ccc1C1CCCNC1. The van der Waals surface area contributed by atoms with E-state index in [0.717, 1.165) is 31.5 Å². The van der Waals surface area contributed by atoms with Crippen LogP contribution in [-0.4, -0.2) is 24.8 Å². The van der Waals surface area contributed by atoms with E-state index in [0.29, 0.717) is 12.1 Å². The Bertz CT molecular complexity index is 588. The third-order valence-corrected chi connectivity index (χ3v) is 3.75. The first kappa shape index (κ1) is 18.6. The number of amides is 1. The van der Waals surface area contributed by atoms with Crippen molar-refractivity contribution in [3.63, 3.8) is 0 Å². The van der Waals surface area contributed by atoms with Gasteiger partial charge < -0.3 is 10.1 Å². The summed E-state index contributed by atoms with van der Waals surface area (Å²) in [5, 5.41) is 5.72. The molecule has 1 saturated heterocycles. The van der Waals surface area contributed by atoms with E-state index >= 15 is 0 Å². The average Bonchev–Trinajstić information content (AvgIpc) is 2.45. The van der Waals surface area contributed by atoms with E-state index in [-0.39, 0.29) is 11.6 Å². The Morgan fingerprint density at radius 2 is 2.00 bits per heavy atom. The Morgan fingerprint density at radius 3 is 2.54 bits per heavy atom. The van der Waals surface area contributed by atoms with Gasteiger partial charge in [0.2, 0.25) is 0 Å². The first-order valence-corrected chi connectivity index (χ1v) is 7.98. The molecule has 24 heavy (non-hydrogen) atoms. The molecular formula is C17H23F3N2O2. The summed E-state index contributed by atoms with van der Waals surface area (Å²) in [6.07, 6.45) is -3.42. The van der Waals surface area contributed by atoms with Crippen LogP contribution in [0.15, 0.2) is 18.2 Å². The van der Waals surface area contributed by atoms with E-state index < -0.39 is 23.4 Å². The molecule has 2 N–H and O–H groups in total. The van der Waals surface area contributed by atoms with Crippen LogP contribution in [0.4, 0.5) is 23.7 Å². The van der Waals surface area contributed by atoms with Gasteiger partial charge in [0.1, 0.15) is 5.60 Å². The molecule has 0 spiro atoms. The molecule has 1 heterocycles. The average molecular weight is 344 g/mol. The summed E-state index contributed by atoms with van der Waals surface area (Å²) in [6.45, 7) is 6.67. The zero-order valence-electron chi connectivity index (χ0n) is 14.1. The lowest BCUT2D eigenvalue weighted by Gasteiger charge is -2.26. The summed E-state index contributed by atoms with van der Waals surface area (Å²) >= 11 is 0. The molecule has 1 aromatic carbocycles. The van der Waals surface area contributed by atoms with Crippen LogP contribution < -0.4 is 10.6 Å². The Labute approximate surface area is 139 Å². The summed E-state index contributed by atoms with van der Waals surface area (Å²) in [4.78, 5) is 12.0. The molecule has 7 heteroatoms. The lowest BCUT2D eigenvalue weighted by molar-refractivity contribution is -0.137. The normalized spacial score (nSPS) is 19.0. The Kier molecular flexibility index (Phi) is 5.42. The number of hydrogen-bond acceptors (Lipinski definition) is 3. The Morgan fingerprint density at radius 1 is 1.29 bits per heavy atom. The van der Waals surface area contributed by atoms with Gasteiger partial charge in [-0.15, -0.1) is 0 Å². The number of nitrogens with one attached hydrogen (secondary N) is 2. The largest absolute Gasteiger partial charge is 0.444 e. The number of piperidine rings is 1. The maximum Gasteiger partial charge on any atom is 0.416 e. The fourth-order valence-corrected chi connectivity index (χ4v) is 2.73. The third-order valence-electron chi connectivity index (χ3n) is 3.75. The van der Waals surface area contributed by atoms with Crippen molar-refractivity contribution < 1.29 is 22.7 Å². The van der Waals surface area contributed by atoms with Crippen LogP contribution in [0.25, 0.3) is 0 Å². The predicted octanol–water partition coefficient (Wildman–Crippen LogP) is 4.52. The monoisotopic (exact) mass is 344 g/mol. The molecule has 134 valence electrons. The van der Waals surface area contributed by atoms with E-state index in [9.17, 15) is 18.0 Å². The van der Waals surface area contributed by atoms with Crippen molar-refractivity contribution >= 4 is 11.8 Å². The number of rotatable bonds is 2. The summed E-state index contributed by atoms with van der Waals surface area (Å²) in [6, 6.07) is 3.49. The minimum Gasteiger partial charge on any atom is -0.444 e. The van der Waals surface area contributed by atoms with Gasteiger partial charge in [-0.2, -0.15) is 13.2 Å². The molecule has 1 amide bonds. The van der Waals surface area contributed by atoms with Crippen LogP contribution in [0.1, 0.15) is 50.7 Å². The minimum atomic E-state index is -4.46. The fourth-order valence-electron chi connectivity index (χ4n) is 2.73. The van der Waals surface area contributed by atoms with E-state index in [1.165, 1.54) is 6.07 Å². The molecule has 1 aliphatic rings. The number of hydrogen-bond donors (Lipinski definition) is 2. The van der Waals surface area contributed by atoms with Crippen molar-refractivity contribution in [1.29, 1.82) is 0 Å². The predicted molar refractivity (Wildman–Crippen MR) is 86.1 cm³/mol. The van der Waals surface area contributed by atoms with E-state index in [4.69, 9.17) is 4.74 Å². The zero-order valence-corrected chi connectivity index (χ0v) is 14.1. The topological polar surface area (TPSA) is 50.4 Å². The maximum absolute atomic E-state index is 13.0. The van der Waals surface area contributed by atoms with E-state index in [1.807, 2.05) is 0 Å². The highest BCUT2D eigenvalue weighted by Crippen LogP contribution is 2.36. The molecule has 0 bridgehead atoms. The van der Waals surface area contributed by atoms with Gasteiger partial charge in [-0.25, -0.2) is 4.79 Å². The van der Waals surface area contributed by atoms with Gasteiger partial charge in [0.25, 0.3) is 0 Å². The quantitative estimate of drug-likeness (QED) is 0.829. The molecule has 0 radical (unpaired) electrons. The van der Waals surface area contributed by atoms with Crippen LogP contribution >= 0.6 is 0 Å². The number of carbonyl (C=O) groups excluding carboxylic acids is 1. The number of carbonyl (C=O) groups is 1. The second kappa shape index (κ2) is 7.01. The van der Waals surface area contributed by atoms with Gasteiger partial charge in [-0.1, -0.05) is 6.07 Å². The summed E-state index contributed by atoms with van der Waals surface area (Å²) in [7, 11) is 0. The second-order valence-corrected chi connectivity index (χ2v) is 6.97. The standard InChI is InChI=1S/C17H23F3N2O2/c1-16(2,3)24-15(23)22-14-9-12(17(18,19)20)6-7-13(14)11-5-4-8-21-10-11/h6-7,9,11,21H,4-5,8,10H2,1-3H3,(H,22,23). The third kappa shape index (κ3) is 5.12. The lowest BCUT2D eigenvalue weighted by atomic mass is 9.89. The molecule has 2 rings (SSSR count). The maximum atomic E-state index is 13.0. The lowest BCUT2D eigenvalue weighted by Crippen LogP contribution is -2.30. The Hall–Kier alpha value is -1.76. The zero-order chi connectivity index (χ0) is 18.0. The van der Waals surface area contributed by atoms with E-state index in [2.05, 4.69) is 10.6 Å². The van der Waals surface area contributed by atoms with Crippen molar-refractivity contribution in [2.75, 3.05) is 18.4 Å². The molecule has 0 saturated carbocycles. The summed E-state index contributed by atoms with van der Waals surface area (Å²) in [5.41, 5.74) is -0.659. The number of benzene rings is 1. The van der Waals surface area contributed by atoms with Crippen molar-refractivity contribution in [3.8, 4) is 0 Å². The van der Waals surface area contributed by atoms with Gasteiger partial charge in [0.05, 0.1) is 5.56 Å². The minimum absolute atomic E-state index is 0.0611. The van der Waals surface area contributed by atoms with Crippen molar-refractivity contribution in [3.05, 3.63) is 29.3 Å². The first-order chi connectivity index (χ1) is 11.1. The summed E-state index contributed by atoms with van der Waals surface area (Å²) in [5.74, 6) is 0.0611. The fraction of sp³-hybridized carbons (Fsp3) is 0.588.